The zero-order chi connectivity index (χ0) is 10.0. The molecule has 2 nitrogen and oxygen atoms in total. The van der Waals surface area contributed by atoms with Crippen LogP contribution in [0.5, 0.6) is 0 Å². The fourth-order valence-corrected chi connectivity index (χ4v) is 2.90. The summed E-state index contributed by atoms with van der Waals surface area (Å²) in [4.78, 5) is 0. The number of aliphatic hydroxyl groups excluding tert-OH is 1. The molecule has 13 heavy (non-hydrogen) atoms. The van der Waals surface area contributed by atoms with Crippen LogP contribution in [0.4, 0.5) is 0 Å². The summed E-state index contributed by atoms with van der Waals surface area (Å²) in [6.45, 7) is 11.0. The molecule has 1 aliphatic heterocycles. The van der Waals surface area contributed by atoms with Crippen molar-refractivity contribution < 1.29 is 9.84 Å². The van der Waals surface area contributed by atoms with Crippen LogP contribution in [0.1, 0.15) is 34.6 Å². The van der Waals surface area contributed by atoms with Crippen LogP contribution >= 0.6 is 0 Å². The van der Waals surface area contributed by atoms with Gasteiger partial charge in [-0.3, -0.25) is 0 Å². The Morgan fingerprint density at radius 3 is 1.92 bits per heavy atom. The quantitative estimate of drug-likeness (QED) is 0.624. The Bertz CT molecular complexity index is 223. The predicted molar refractivity (Wildman–Crippen MR) is 51.1 cm³/mol. The highest BCUT2D eigenvalue weighted by Gasteiger charge is 2.71. The third-order valence-corrected chi connectivity index (χ3v) is 3.77. The maximum Gasteiger partial charge on any atom is 0.158 e. The Balaban J connectivity index is 2.19. The van der Waals surface area contributed by atoms with E-state index in [1.165, 1.54) is 0 Å². The summed E-state index contributed by atoms with van der Waals surface area (Å²) in [5.74, 6) is 0.930. The third kappa shape index (κ3) is 1.15. The van der Waals surface area contributed by atoms with Crippen LogP contribution in [0, 0.1) is 22.7 Å². The Labute approximate surface area is 80.3 Å². The van der Waals surface area contributed by atoms with Crippen molar-refractivity contribution in [1.82, 2.24) is 0 Å². The first-order valence-electron chi connectivity index (χ1n) is 5.10. The minimum atomic E-state index is -0.524. The maximum absolute atomic E-state index is 9.69. The van der Waals surface area contributed by atoms with Gasteiger partial charge in [-0.25, -0.2) is 0 Å². The molecule has 0 bridgehead atoms. The number of rotatable bonds is 0. The molecule has 4 atom stereocenters. The largest absolute Gasteiger partial charge is 0.368 e. The molecule has 1 N–H and O–H groups in total. The first-order valence-corrected chi connectivity index (χ1v) is 5.10. The van der Waals surface area contributed by atoms with Crippen molar-refractivity contribution in [2.24, 2.45) is 22.7 Å². The molecule has 76 valence electrons. The molecule has 0 unspecified atom stereocenters. The number of fused-ring (bicyclic) bond motifs is 1. The van der Waals surface area contributed by atoms with E-state index in [0.717, 1.165) is 0 Å². The Hall–Kier alpha value is -0.0800. The third-order valence-electron chi connectivity index (χ3n) is 3.77. The van der Waals surface area contributed by atoms with Crippen LogP contribution in [-0.2, 0) is 4.74 Å². The minimum Gasteiger partial charge on any atom is -0.368 e. The van der Waals surface area contributed by atoms with Crippen molar-refractivity contribution in [1.29, 1.82) is 0 Å². The van der Waals surface area contributed by atoms with Gasteiger partial charge in [0.05, 0.1) is 6.10 Å². The Morgan fingerprint density at radius 2 is 1.69 bits per heavy atom. The maximum atomic E-state index is 9.69. The van der Waals surface area contributed by atoms with E-state index >= 15 is 0 Å². The normalized spacial score (nSPS) is 47.5. The van der Waals surface area contributed by atoms with Gasteiger partial charge in [0.15, 0.2) is 6.29 Å². The van der Waals surface area contributed by atoms with E-state index in [1.807, 2.05) is 0 Å². The predicted octanol–water partition coefficient (Wildman–Crippen LogP) is 2.02. The smallest absolute Gasteiger partial charge is 0.158 e. The summed E-state index contributed by atoms with van der Waals surface area (Å²) < 4.78 is 5.58. The van der Waals surface area contributed by atoms with Gasteiger partial charge in [-0.2, -0.15) is 0 Å². The zero-order valence-electron chi connectivity index (χ0n) is 9.16. The van der Waals surface area contributed by atoms with E-state index in [0.29, 0.717) is 11.8 Å². The molecule has 2 aliphatic rings. The van der Waals surface area contributed by atoms with E-state index in [9.17, 15) is 5.11 Å². The fourth-order valence-electron chi connectivity index (χ4n) is 2.90. The second-order valence-corrected chi connectivity index (χ2v) is 6.19. The molecule has 0 amide bonds. The number of aliphatic hydroxyl groups is 1. The summed E-state index contributed by atoms with van der Waals surface area (Å²) in [6.07, 6.45) is -0.299. The highest BCUT2D eigenvalue weighted by molar-refractivity contribution is 5.15. The molecule has 2 rings (SSSR count). The van der Waals surface area contributed by atoms with Gasteiger partial charge in [0.25, 0.3) is 0 Å². The van der Waals surface area contributed by atoms with Gasteiger partial charge in [-0.15, -0.1) is 0 Å². The zero-order valence-corrected chi connectivity index (χ0v) is 9.16. The molecular weight excluding hydrogens is 164 g/mol. The van der Waals surface area contributed by atoms with Gasteiger partial charge in [0.1, 0.15) is 0 Å². The Kier molecular flexibility index (Phi) is 1.67. The molecule has 1 heterocycles. The second kappa shape index (κ2) is 2.29. The number of hydrogen-bond donors (Lipinski definition) is 1. The van der Waals surface area contributed by atoms with Gasteiger partial charge in [0, 0.05) is 5.92 Å². The van der Waals surface area contributed by atoms with E-state index in [2.05, 4.69) is 34.6 Å². The summed E-state index contributed by atoms with van der Waals surface area (Å²) in [5, 5.41) is 9.69. The van der Waals surface area contributed by atoms with Gasteiger partial charge in [-0.1, -0.05) is 34.6 Å². The first-order chi connectivity index (χ1) is 5.76. The SMILES string of the molecule is CC(C)(C)[C@@H]1O[C@H](O)[C@@H]2[C@H]1C2(C)C. The summed E-state index contributed by atoms with van der Waals surface area (Å²) in [5.41, 5.74) is 0.434. The van der Waals surface area contributed by atoms with E-state index in [-0.39, 0.29) is 16.9 Å². The van der Waals surface area contributed by atoms with Crippen LogP contribution in [0.2, 0.25) is 0 Å². The van der Waals surface area contributed by atoms with Crippen molar-refractivity contribution in [2.75, 3.05) is 0 Å². The number of hydrogen-bond acceptors (Lipinski definition) is 2. The Morgan fingerprint density at radius 1 is 1.15 bits per heavy atom. The average Bonchev–Trinajstić information content (AvgIpc) is 2.35. The van der Waals surface area contributed by atoms with Crippen molar-refractivity contribution >= 4 is 0 Å². The molecule has 1 aliphatic carbocycles. The highest BCUT2D eigenvalue weighted by Crippen LogP contribution is 2.68. The van der Waals surface area contributed by atoms with Gasteiger partial charge >= 0.3 is 0 Å². The highest BCUT2D eigenvalue weighted by atomic mass is 16.6. The molecule has 0 radical (unpaired) electrons. The van der Waals surface area contributed by atoms with E-state index in [4.69, 9.17) is 4.74 Å². The molecule has 0 spiro atoms. The molecule has 0 aromatic rings. The molecule has 1 saturated carbocycles. The minimum absolute atomic E-state index is 0.147. The molecule has 0 aromatic carbocycles. The topological polar surface area (TPSA) is 29.5 Å². The van der Waals surface area contributed by atoms with Crippen LogP contribution < -0.4 is 0 Å². The second-order valence-electron chi connectivity index (χ2n) is 6.19. The van der Waals surface area contributed by atoms with Crippen LogP contribution in [0.15, 0.2) is 0 Å². The summed E-state index contributed by atoms with van der Waals surface area (Å²) in [7, 11) is 0. The summed E-state index contributed by atoms with van der Waals surface area (Å²) >= 11 is 0. The fraction of sp³-hybridized carbons (Fsp3) is 1.00. The van der Waals surface area contributed by atoms with E-state index in [1.54, 1.807) is 0 Å². The van der Waals surface area contributed by atoms with Gasteiger partial charge < -0.3 is 9.84 Å². The van der Waals surface area contributed by atoms with Crippen LogP contribution in [0.25, 0.3) is 0 Å². The summed E-state index contributed by atoms with van der Waals surface area (Å²) in [6, 6.07) is 0. The van der Waals surface area contributed by atoms with Crippen molar-refractivity contribution in [2.45, 2.75) is 47.0 Å². The van der Waals surface area contributed by atoms with E-state index < -0.39 is 6.29 Å². The standard InChI is InChI=1S/C11H20O2/c1-10(2,3)8-6-7(9(12)13-8)11(6,4)5/h6-9,12H,1-5H3/t6-,7+,8-,9+/m1/s1. The van der Waals surface area contributed by atoms with Crippen LogP contribution in [-0.4, -0.2) is 17.5 Å². The first kappa shape index (κ1) is 9.47. The lowest BCUT2D eigenvalue weighted by molar-refractivity contribution is -0.154. The van der Waals surface area contributed by atoms with Crippen LogP contribution in [0.3, 0.4) is 0 Å². The number of ether oxygens (including phenoxy) is 1. The lowest BCUT2D eigenvalue weighted by Crippen LogP contribution is -2.33. The lowest BCUT2D eigenvalue weighted by atomic mass is 9.84. The molecule has 2 fully saturated rings. The average molecular weight is 184 g/mol. The van der Waals surface area contributed by atoms with Crippen molar-refractivity contribution in [3.63, 3.8) is 0 Å². The molecular formula is C11H20O2. The van der Waals surface area contributed by atoms with Gasteiger partial charge in [0.2, 0.25) is 0 Å². The lowest BCUT2D eigenvalue weighted by Gasteiger charge is -2.31. The van der Waals surface area contributed by atoms with Crippen molar-refractivity contribution in [3.05, 3.63) is 0 Å². The monoisotopic (exact) mass is 184 g/mol. The van der Waals surface area contributed by atoms with Gasteiger partial charge in [-0.05, 0) is 16.7 Å². The molecule has 0 aromatic heterocycles. The molecule has 1 saturated heterocycles. The molecule has 2 heteroatoms. The van der Waals surface area contributed by atoms with Crippen molar-refractivity contribution in [3.8, 4) is 0 Å².